The van der Waals surface area contributed by atoms with Crippen LogP contribution in [-0.4, -0.2) is 17.3 Å². The first kappa shape index (κ1) is 12.4. The van der Waals surface area contributed by atoms with Crippen LogP contribution in [0.1, 0.15) is 43.9 Å². The van der Waals surface area contributed by atoms with Crippen LogP contribution in [0.25, 0.3) is 0 Å². The number of aliphatic hydroxyl groups excluding tert-OH is 1. The van der Waals surface area contributed by atoms with Gasteiger partial charge in [0.2, 0.25) is 0 Å². The molecule has 0 bridgehead atoms. The SMILES string of the molecule is CC(O)C(C)Oc1ccc2c(c1)[C@@H](N)CCC2. The number of rotatable bonds is 3. The average molecular weight is 235 g/mol. The molecular formula is C14H21NO2. The lowest BCUT2D eigenvalue weighted by Crippen LogP contribution is -2.26. The maximum absolute atomic E-state index is 9.42. The molecule has 0 saturated heterocycles. The van der Waals surface area contributed by atoms with Gasteiger partial charge >= 0.3 is 0 Å². The lowest BCUT2D eigenvalue weighted by molar-refractivity contribution is 0.0603. The summed E-state index contributed by atoms with van der Waals surface area (Å²) in [5, 5.41) is 9.42. The summed E-state index contributed by atoms with van der Waals surface area (Å²) in [6.45, 7) is 3.60. The third-order valence-electron chi connectivity index (χ3n) is 3.48. The van der Waals surface area contributed by atoms with E-state index >= 15 is 0 Å². The Balaban J connectivity index is 2.18. The fraction of sp³-hybridized carbons (Fsp3) is 0.571. The molecule has 17 heavy (non-hydrogen) atoms. The van der Waals surface area contributed by atoms with E-state index in [0.717, 1.165) is 18.6 Å². The number of aliphatic hydroxyl groups is 1. The zero-order valence-corrected chi connectivity index (χ0v) is 10.5. The standard InChI is InChI=1S/C14H21NO2/c1-9(16)10(2)17-12-7-6-11-4-3-5-14(15)13(11)8-12/h6-10,14,16H,3-5,15H2,1-2H3/t9?,10?,14-/m0/s1. The van der Waals surface area contributed by atoms with Crippen LogP contribution < -0.4 is 10.5 Å². The maximum Gasteiger partial charge on any atom is 0.121 e. The number of hydrogen-bond donors (Lipinski definition) is 2. The first-order valence-electron chi connectivity index (χ1n) is 6.31. The summed E-state index contributed by atoms with van der Waals surface area (Å²) in [5.41, 5.74) is 8.64. The molecule has 0 fully saturated rings. The lowest BCUT2D eigenvalue weighted by atomic mass is 9.88. The normalized spacial score (nSPS) is 22.7. The van der Waals surface area contributed by atoms with Crippen molar-refractivity contribution in [1.29, 1.82) is 0 Å². The molecule has 3 N–H and O–H groups in total. The smallest absolute Gasteiger partial charge is 0.121 e. The molecule has 1 aliphatic rings. The van der Waals surface area contributed by atoms with Crippen molar-refractivity contribution in [3.05, 3.63) is 29.3 Å². The maximum atomic E-state index is 9.42. The molecule has 0 saturated carbocycles. The fourth-order valence-electron chi connectivity index (χ4n) is 2.20. The van der Waals surface area contributed by atoms with Gasteiger partial charge in [-0.05, 0) is 56.4 Å². The Bertz CT molecular complexity index is 390. The number of ether oxygens (including phenoxy) is 1. The highest BCUT2D eigenvalue weighted by Gasteiger charge is 2.18. The highest BCUT2D eigenvalue weighted by molar-refractivity contribution is 5.39. The summed E-state index contributed by atoms with van der Waals surface area (Å²) in [7, 11) is 0. The predicted octanol–water partition coefficient (Wildman–Crippen LogP) is 2.17. The molecular weight excluding hydrogens is 214 g/mol. The Morgan fingerprint density at radius 1 is 1.41 bits per heavy atom. The molecule has 0 aromatic heterocycles. The molecule has 1 aliphatic carbocycles. The van der Waals surface area contributed by atoms with Crippen molar-refractivity contribution < 1.29 is 9.84 Å². The summed E-state index contributed by atoms with van der Waals surface area (Å²) in [5.74, 6) is 0.800. The molecule has 3 heteroatoms. The molecule has 0 heterocycles. The van der Waals surface area contributed by atoms with Crippen molar-refractivity contribution in [3.63, 3.8) is 0 Å². The van der Waals surface area contributed by atoms with E-state index in [1.165, 1.54) is 17.5 Å². The first-order valence-corrected chi connectivity index (χ1v) is 6.31. The van der Waals surface area contributed by atoms with Crippen LogP contribution in [0.15, 0.2) is 18.2 Å². The van der Waals surface area contributed by atoms with Crippen LogP contribution in [0.3, 0.4) is 0 Å². The van der Waals surface area contributed by atoms with E-state index in [9.17, 15) is 5.11 Å². The lowest BCUT2D eigenvalue weighted by Gasteiger charge is -2.24. The van der Waals surface area contributed by atoms with Crippen molar-refractivity contribution in [2.45, 2.75) is 51.4 Å². The van der Waals surface area contributed by atoms with E-state index in [4.69, 9.17) is 10.5 Å². The highest BCUT2D eigenvalue weighted by Crippen LogP contribution is 2.31. The number of aryl methyl sites for hydroxylation is 1. The van der Waals surface area contributed by atoms with Crippen LogP contribution in [-0.2, 0) is 6.42 Å². The topological polar surface area (TPSA) is 55.5 Å². The molecule has 3 nitrogen and oxygen atoms in total. The van der Waals surface area contributed by atoms with Gasteiger partial charge in [0, 0.05) is 6.04 Å². The van der Waals surface area contributed by atoms with Crippen LogP contribution in [0.2, 0.25) is 0 Å². The van der Waals surface area contributed by atoms with Gasteiger partial charge in [-0.25, -0.2) is 0 Å². The Kier molecular flexibility index (Phi) is 3.69. The van der Waals surface area contributed by atoms with E-state index in [-0.39, 0.29) is 12.1 Å². The summed E-state index contributed by atoms with van der Waals surface area (Å²) < 4.78 is 5.68. The third kappa shape index (κ3) is 2.79. The van der Waals surface area contributed by atoms with Crippen molar-refractivity contribution in [2.24, 2.45) is 5.73 Å². The monoisotopic (exact) mass is 235 g/mol. The molecule has 3 atom stereocenters. The van der Waals surface area contributed by atoms with Crippen LogP contribution >= 0.6 is 0 Å². The van der Waals surface area contributed by atoms with Gasteiger partial charge in [-0.15, -0.1) is 0 Å². The van der Waals surface area contributed by atoms with Gasteiger partial charge in [-0.3, -0.25) is 0 Å². The van der Waals surface area contributed by atoms with E-state index in [1.807, 2.05) is 19.1 Å². The second kappa shape index (κ2) is 5.07. The Hall–Kier alpha value is -1.06. The van der Waals surface area contributed by atoms with Crippen LogP contribution in [0.4, 0.5) is 0 Å². The molecule has 0 spiro atoms. The summed E-state index contributed by atoms with van der Waals surface area (Å²) in [4.78, 5) is 0. The van der Waals surface area contributed by atoms with Crippen molar-refractivity contribution >= 4 is 0 Å². The minimum Gasteiger partial charge on any atom is -0.488 e. The quantitative estimate of drug-likeness (QED) is 0.844. The molecule has 2 unspecified atom stereocenters. The van der Waals surface area contributed by atoms with Gasteiger partial charge in [-0.2, -0.15) is 0 Å². The van der Waals surface area contributed by atoms with E-state index in [0.29, 0.717) is 0 Å². The Labute approximate surface area is 103 Å². The number of nitrogens with two attached hydrogens (primary N) is 1. The number of hydrogen-bond acceptors (Lipinski definition) is 3. The first-order chi connectivity index (χ1) is 8.08. The largest absolute Gasteiger partial charge is 0.488 e. The zero-order chi connectivity index (χ0) is 12.4. The third-order valence-corrected chi connectivity index (χ3v) is 3.48. The molecule has 0 radical (unpaired) electrons. The zero-order valence-electron chi connectivity index (χ0n) is 10.5. The average Bonchev–Trinajstić information content (AvgIpc) is 2.30. The van der Waals surface area contributed by atoms with Gasteiger partial charge in [-0.1, -0.05) is 6.07 Å². The molecule has 1 aromatic rings. The van der Waals surface area contributed by atoms with Crippen LogP contribution in [0, 0.1) is 0 Å². The Morgan fingerprint density at radius 2 is 2.18 bits per heavy atom. The number of benzene rings is 1. The highest BCUT2D eigenvalue weighted by atomic mass is 16.5. The Morgan fingerprint density at radius 3 is 2.88 bits per heavy atom. The summed E-state index contributed by atoms with van der Waals surface area (Å²) >= 11 is 0. The summed E-state index contributed by atoms with van der Waals surface area (Å²) in [6.07, 6.45) is 2.64. The molecule has 94 valence electrons. The van der Waals surface area contributed by atoms with Crippen molar-refractivity contribution in [3.8, 4) is 5.75 Å². The molecule has 2 rings (SSSR count). The predicted molar refractivity (Wildman–Crippen MR) is 68.1 cm³/mol. The van der Waals surface area contributed by atoms with Gasteiger partial charge in [0.05, 0.1) is 6.10 Å². The van der Waals surface area contributed by atoms with Gasteiger partial charge in [0.25, 0.3) is 0 Å². The fourth-order valence-corrected chi connectivity index (χ4v) is 2.20. The second-order valence-electron chi connectivity index (χ2n) is 4.92. The molecule has 0 amide bonds. The number of fused-ring (bicyclic) bond motifs is 1. The van der Waals surface area contributed by atoms with E-state index in [1.54, 1.807) is 6.92 Å². The second-order valence-corrected chi connectivity index (χ2v) is 4.92. The summed E-state index contributed by atoms with van der Waals surface area (Å²) in [6, 6.07) is 6.22. The molecule has 1 aromatic carbocycles. The van der Waals surface area contributed by atoms with Gasteiger partial charge in [0.15, 0.2) is 0 Å². The van der Waals surface area contributed by atoms with Gasteiger partial charge < -0.3 is 15.6 Å². The van der Waals surface area contributed by atoms with Crippen LogP contribution in [0.5, 0.6) is 5.75 Å². The van der Waals surface area contributed by atoms with Gasteiger partial charge in [0.1, 0.15) is 11.9 Å². The minimum atomic E-state index is -0.472. The van der Waals surface area contributed by atoms with E-state index in [2.05, 4.69) is 6.07 Å². The van der Waals surface area contributed by atoms with Crippen molar-refractivity contribution in [1.82, 2.24) is 0 Å². The van der Waals surface area contributed by atoms with E-state index < -0.39 is 6.10 Å². The molecule has 0 aliphatic heterocycles. The minimum absolute atomic E-state index is 0.129. The van der Waals surface area contributed by atoms with Crippen molar-refractivity contribution in [2.75, 3.05) is 0 Å².